The SMILES string of the molecule is O=S1c2ccccc2N(c2ccccc2)c2ccc3c(c21)-c1ccccc1C31c2ccccc2N(c2nc(-c3ccccc3)cc(-c3ccccc3)n2)c2ccccc21. The summed E-state index contributed by atoms with van der Waals surface area (Å²) in [5.74, 6) is 0.591. The summed E-state index contributed by atoms with van der Waals surface area (Å²) < 4.78 is 15.2. The average Bonchev–Trinajstić information content (AvgIpc) is 3.60. The van der Waals surface area contributed by atoms with E-state index >= 15 is 4.21 Å². The third-order valence-corrected chi connectivity index (χ3v) is 13.6. The van der Waals surface area contributed by atoms with Gasteiger partial charge in [-0.2, -0.15) is 0 Å². The number of rotatable bonds is 4. The Hall–Kier alpha value is -7.41. The van der Waals surface area contributed by atoms with Gasteiger partial charge in [-0.3, -0.25) is 4.90 Å². The first-order valence-electron chi connectivity index (χ1n) is 19.8. The van der Waals surface area contributed by atoms with E-state index in [-0.39, 0.29) is 0 Å². The van der Waals surface area contributed by atoms with Crippen molar-refractivity contribution in [2.24, 2.45) is 0 Å². The van der Waals surface area contributed by atoms with Gasteiger partial charge in [0, 0.05) is 22.4 Å². The lowest BCUT2D eigenvalue weighted by molar-refractivity contribution is 0.682. The lowest BCUT2D eigenvalue weighted by Crippen LogP contribution is -2.36. The van der Waals surface area contributed by atoms with E-state index in [0.29, 0.717) is 5.95 Å². The summed E-state index contributed by atoms with van der Waals surface area (Å²) in [4.78, 5) is 16.8. The number of para-hydroxylation sites is 4. The second kappa shape index (κ2) is 13.1. The van der Waals surface area contributed by atoms with E-state index < -0.39 is 16.2 Å². The van der Waals surface area contributed by atoms with Gasteiger partial charge in [0.05, 0.1) is 60.1 Å². The molecule has 0 amide bonds. The third kappa shape index (κ3) is 4.81. The Morgan fingerprint density at radius 1 is 0.424 bits per heavy atom. The normalized spacial score (nSPS) is 15.1. The maximum absolute atomic E-state index is 15.2. The lowest BCUT2D eigenvalue weighted by atomic mass is 9.65. The number of anilines is 6. The molecule has 12 rings (SSSR count). The molecular weight excluding hydrogens is 741 g/mol. The smallest absolute Gasteiger partial charge is 0.235 e. The first kappa shape index (κ1) is 33.7. The zero-order valence-electron chi connectivity index (χ0n) is 31.7. The van der Waals surface area contributed by atoms with Crippen LogP contribution in [0.1, 0.15) is 22.3 Å². The van der Waals surface area contributed by atoms with Crippen molar-refractivity contribution in [1.29, 1.82) is 0 Å². The molecule has 6 heteroatoms. The summed E-state index contributed by atoms with van der Waals surface area (Å²) in [6.45, 7) is 0. The maximum Gasteiger partial charge on any atom is 0.235 e. The fourth-order valence-electron chi connectivity index (χ4n) is 9.67. The number of nitrogens with zero attached hydrogens (tertiary/aromatic N) is 4. The fourth-order valence-corrected chi connectivity index (χ4v) is 11.2. The van der Waals surface area contributed by atoms with Gasteiger partial charge in [0.1, 0.15) is 0 Å². The molecule has 1 spiro atoms. The summed E-state index contributed by atoms with van der Waals surface area (Å²) in [5.41, 5.74) is 14.5. The van der Waals surface area contributed by atoms with Crippen LogP contribution in [0.15, 0.2) is 216 Å². The molecule has 0 N–H and O–H groups in total. The molecule has 1 aromatic heterocycles. The number of fused-ring (bicyclic) bond motifs is 12. The summed E-state index contributed by atoms with van der Waals surface area (Å²) in [6.07, 6.45) is 0. The minimum Gasteiger partial charge on any atom is -0.308 e. The van der Waals surface area contributed by atoms with Gasteiger partial charge in [-0.15, -0.1) is 0 Å². The minimum absolute atomic E-state index is 0.591. The van der Waals surface area contributed by atoms with Crippen molar-refractivity contribution in [1.82, 2.24) is 9.97 Å². The van der Waals surface area contributed by atoms with Crippen molar-refractivity contribution in [3.63, 3.8) is 0 Å². The zero-order chi connectivity index (χ0) is 39.1. The van der Waals surface area contributed by atoms with Crippen LogP contribution in [0.2, 0.25) is 0 Å². The van der Waals surface area contributed by atoms with E-state index in [1.165, 1.54) is 0 Å². The fraction of sp³-hybridized carbons (Fsp3) is 0.0189. The Labute approximate surface area is 345 Å². The zero-order valence-corrected chi connectivity index (χ0v) is 32.6. The van der Waals surface area contributed by atoms with Gasteiger partial charge in [0.15, 0.2) is 0 Å². The number of hydrogen-bond acceptors (Lipinski definition) is 5. The molecule has 0 saturated heterocycles. The predicted molar refractivity (Wildman–Crippen MR) is 238 cm³/mol. The van der Waals surface area contributed by atoms with E-state index in [1.54, 1.807) is 0 Å². The van der Waals surface area contributed by atoms with Crippen molar-refractivity contribution in [2.45, 2.75) is 15.2 Å². The van der Waals surface area contributed by atoms with Crippen LogP contribution in [0.3, 0.4) is 0 Å². The Bertz CT molecular complexity index is 3050. The van der Waals surface area contributed by atoms with Crippen molar-refractivity contribution >= 4 is 45.2 Å². The largest absolute Gasteiger partial charge is 0.308 e. The summed E-state index contributed by atoms with van der Waals surface area (Å²) in [5, 5.41) is 0. The van der Waals surface area contributed by atoms with Crippen LogP contribution >= 0.6 is 0 Å². The maximum atomic E-state index is 15.2. The molecule has 3 aliphatic rings. The van der Waals surface area contributed by atoms with Gasteiger partial charge in [0.2, 0.25) is 5.95 Å². The van der Waals surface area contributed by atoms with E-state index in [2.05, 4.69) is 155 Å². The summed E-state index contributed by atoms with van der Waals surface area (Å²) in [6, 6.07) is 71.8. The first-order chi connectivity index (χ1) is 29.2. The van der Waals surface area contributed by atoms with E-state index in [0.717, 1.165) is 94.1 Å². The molecule has 0 saturated carbocycles. The highest BCUT2D eigenvalue weighted by Gasteiger charge is 2.53. The highest BCUT2D eigenvalue weighted by molar-refractivity contribution is 7.85. The van der Waals surface area contributed by atoms with Crippen LogP contribution in [0, 0.1) is 0 Å². The molecule has 0 radical (unpaired) electrons. The van der Waals surface area contributed by atoms with Gasteiger partial charge in [-0.05, 0) is 76.3 Å². The van der Waals surface area contributed by atoms with Crippen molar-refractivity contribution in [3.05, 3.63) is 229 Å². The third-order valence-electron chi connectivity index (χ3n) is 12.0. The van der Waals surface area contributed by atoms with Crippen LogP contribution in [0.4, 0.5) is 34.4 Å². The highest BCUT2D eigenvalue weighted by Crippen LogP contribution is 2.65. The van der Waals surface area contributed by atoms with Crippen molar-refractivity contribution in [2.75, 3.05) is 9.80 Å². The number of benzene rings is 8. The standard InChI is InChI=1S/C53H34N4OS/c58-59-49-31-17-16-30-47(49)56(37-22-8-3-9-23-37)48-33-32-42-50(51(48)59)38-24-10-11-25-39(38)53(42)40-26-12-14-28-45(40)57(46-29-15-13-27-41(46)53)52-54-43(35-18-4-1-5-19-35)34-44(55-52)36-20-6-2-7-21-36/h1-34H. The molecule has 8 aromatic carbocycles. The average molecular weight is 775 g/mol. The van der Waals surface area contributed by atoms with Crippen LogP contribution in [0.25, 0.3) is 33.6 Å². The second-order valence-corrected chi connectivity index (χ2v) is 16.5. The lowest BCUT2D eigenvalue weighted by Gasteiger charge is -2.44. The topological polar surface area (TPSA) is 49.3 Å². The molecule has 1 atom stereocenters. The van der Waals surface area contributed by atoms with Gasteiger partial charge in [0.25, 0.3) is 0 Å². The molecule has 0 fully saturated rings. The quantitative estimate of drug-likeness (QED) is 0.178. The summed E-state index contributed by atoms with van der Waals surface area (Å²) >= 11 is 0. The van der Waals surface area contributed by atoms with Crippen LogP contribution in [-0.4, -0.2) is 14.2 Å². The van der Waals surface area contributed by atoms with E-state index in [9.17, 15) is 0 Å². The number of hydrogen-bond donors (Lipinski definition) is 0. The van der Waals surface area contributed by atoms with Gasteiger partial charge >= 0.3 is 0 Å². The summed E-state index contributed by atoms with van der Waals surface area (Å²) in [7, 11) is -1.46. The van der Waals surface area contributed by atoms with Gasteiger partial charge < -0.3 is 4.90 Å². The minimum atomic E-state index is -1.46. The Morgan fingerprint density at radius 2 is 0.932 bits per heavy atom. The van der Waals surface area contributed by atoms with Crippen LogP contribution in [0.5, 0.6) is 0 Å². The molecule has 1 unspecified atom stereocenters. The second-order valence-electron chi connectivity index (χ2n) is 15.1. The van der Waals surface area contributed by atoms with E-state index in [1.807, 2.05) is 60.7 Å². The molecule has 278 valence electrons. The van der Waals surface area contributed by atoms with Crippen LogP contribution in [-0.2, 0) is 16.2 Å². The van der Waals surface area contributed by atoms with E-state index in [4.69, 9.17) is 9.97 Å². The van der Waals surface area contributed by atoms with Crippen molar-refractivity contribution < 1.29 is 4.21 Å². The number of aromatic nitrogens is 2. The molecule has 5 nitrogen and oxygen atoms in total. The molecule has 9 aromatic rings. The van der Waals surface area contributed by atoms with Crippen LogP contribution < -0.4 is 9.80 Å². The van der Waals surface area contributed by atoms with Crippen molar-refractivity contribution in [3.8, 4) is 33.6 Å². The Balaban J connectivity index is 1.14. The monoisotopic (exact) mass is 774 g/mol. The Morgan fingerprint density at radius 3 is 1.56 bits per heavy atom. The first-order valence-corrected chi connectivity index (χ1v) is 21.0. The molecule has 1 aliphatic carbocycles. The molecule has 0 bridgehead atoms. The highest BCUT2D eigenvalue weighted by atomic mass is 32.2. The Kier molecular flexibility index (Phi) is 7.46. The molecule has 3 heterocycles. The molecule has 59 heavy (non-hydrogen) atoms. The predicted octanol–water partition coefficient (Wildman–Crippen LogP) is 12.9. The van der Waals surface area contributed by atoms with Gasteiger partial charge in [-0.25, -0.2) is 14.2 Å². The molecule has 2 aliphatic heterocycles. The molecular formula is C53H34N4OS. The van der Waals surface area contributed by atoms with Gasteiger partial charge in [-0.1, -0.05) is 158 Å².